The number of unbranched alkanes of at least 4 members (excludes halogenated alkanes) is 12. The van der Waals surface area contributed by atoms with E-state index in [0.717, 1.165) is 19.3 Å². The molecule has 2 atom stereocenters. The maximum atomic E-state index is 12.5. The van der Waals surface area contributed by atoms with E-state index in [9.17, 15) is 24.0 Å². The summed E-state index contributed by atoms with van der Waals surface area (Å²) >= 11 is 1.39. The number of rotatable bonds is 25. The van der Waals surface area contributed by atoms with Crippen molar-refractivity contribution < 1.29 is 29.1 Å². The van der Waals surface area contributed by atoms with Crippen molar-refractivity contribution in [3.05, 3.63) is 0 Å². The van der Waals surface area contributed by atoms with Gasteiger partial charge in [-0.1, -0.05) is 84.0 Å². The summed E-state index contributed by atoms with van der Waals surface area (Å²) < 4.78 is 0. The average Bonchev–Trinajstić information content (AvgIpc) is 2.87. The highest BCUT2D eigenvalue weighted by Crippen LogP contribution is 2.13. The second-order valence-corrected chi connectivity index (χ2v) is 10.7. The summed E-state index contributed by atoms with van der Waals surface area (Å²) in [5.74, 6) is -3.00. The molecule has 0 fully saturated rings. The fourth-order valence-electron chi connectivity index (χ4n) is 4.01. The number of hydrogen-bond donors (Lipinski definition) is 5. The van der Waals surface area contributed by atoms with E-state index in [4.69, 9.17) is 10.8 Å². The Labute approximate surface area is 232 Å². The lowest BCUT2D eigenvalue weighted by Gasteiger charge is -2.18. The highest BCUT2D eigenvalue weighted by molar-refractivity contribution is 7.98. The van der Waals surface area contributed by atoms with E-state index in [1.165, 1.54) is 76.0 Å². The van der Waals surface area contributed by atoms with Crippen LogP contribution in [-0.2, 0) is 24.0 Å². The van der Waals surface area contributed by atoms with E-state index in [-0.39, 0.29) is 18.7 Å². The highest BCUT2D eigenvalue weighted by Gasteiger charge is 2.23. The molecule has 0 bridgehead atoms. The van der Waals surface area contributed by atoms with Crippen LogP contribution in [0.2, 0.25) is 0 Å². The first-order valence-electron chi connectivity index (χ1n) is 14.1. The number of carbonyl (C=O) groups excluding carboxylic acids is 4. The van der Waals surface area contributed by atoms with Gasteiger partial charge >= 0.3 is 5.97 Å². The van der Waals surface area contributed by atoms with Crippen molar-refractivity contribution in [2.45, 2.75) is 122 Å². The summed E-state index contributed by atoms with van der Waals surface area (Å²) in [6, 6.07) is -1.93. The van der Waals surface area contributed by atoms with Gasteiger partial charge in [-0.2, -0.15) is 11.8 Å². The minimum absolute atomic E-state index is 0.144. The van der Waals surface area contributed by atoms with Gasteiger partial charge in [-0.15, -0.1) is 0 Å². The maximum Gasteiger partial charge on any atom is 0.303 e. The number of carbonyl (C=O) groups is 5. The lowest BCUT2D eigenvalue weighted by molar-refractivity contribution is -0.137. The summed E-state index contributed by atoms with van der Waals surface area (Å²) in [5, 5.41) is 16.2. The molecule has 220 valence electrons. The van der Waals surface area contributed by atoms with Crippen LogP contribution in [0.15, 0.2) is 0 Å². The minimum atomic E-state index is -1.14. The van der Waals surface area contributed by atoms with E-state index in [0.29, 0.717) is 12.2 Å². The van der Waals surface area contributed by atoms with Gasteiger partial charge in [-0.05, 0) is 19.1 Å². The number of nitrogens with two attached hydrogens (primary N) is 1. The number of nitrogens with one attached hydrogen (secondary N) is 3. The second-order valence-electron chi connectivity index (χ2n) is 9.74. The quantitative estimate of drug-likeness (QED) is 0.107. The number of carboxylic acids is 1. The lowest BCUT2D eigenvalue weighted by Crippen LogP contribution is -2.52. The Morgan fingerprint density at radius 2 is 1.24 bits per heavy atom. The maximum absolute atomic E-state index is 12.5. The fraction of sp³-hybridized carbons (Fsp3) is 0.815. The molecule has 0 saturated carbocycles. The van der Waals surface area contributed by atoms with Gasteiger partial charge in [-0.25, -0.2) is 0 Å². The zero-order chi connectivity index (χ0) is 28.6. The van der Waals surface area contributed by atoms with E-state index >= 15 is 0 Å². The van der Waals surface area contributed by atoms with Crippen LogP contribution in [0.5, 0.6) is 0 Å². The third kappa shape index (κ3) is 20.7. The number of amides is 4. The number of hydrogen-bond acceptors (Lipinski definition) is 6. The van der Waals surface area contributed by atoms with Crippen molar-refractivity contribution in [1.29, 1.82) is 0 Å². The average molecular weight is 559 g/mol. The van der Waals surface area contributed by atoms with Crippen molar-refractivity contribution in [3.63, 3.8) is 0 Å². The molecule has 6 N–H and O–H groups in total. The molecule has 0 aromatic heterocycles. The van der Waals surface area contributed by atoms with Crippen LogP contribution in [0.4, 0.5) is 0 Å². The summed E-state index contributed by atoms with van der Waals surface area (Å²) in [5.41, 5.74) is 5.19. The van der Waals surface area contributed by atoms with Gasteiger partial charge in [0.2, 0.25) is 23.6 Å². The van der Waals surface area contributed by atoms with Gasteiger partial charge < -0.3 is 26.8 Å². The zero-order valence-corrected chi connectivity index (χ0v) is 24.2. The van der Waals surface area contributed by atoms with Crippen LogP contribution in [0.3, 0.4) is 0 Å². The molecule has 0 radical (unpaired) electrons. The number of aliphatic carboxylic acids is 1. The predicted molar refractivity (Wildman–Crippen MR) is 152 cm³/mol. The van der Waals surface area contributed by atoms with Crippen LogP contribution in [0.25, 0.3) is 0 Å². The summed E-state index contributed by atoms with van der Waals surface area (Å²) in [6.45, 7) is 1.82. The molecule has 0 aromatic rings. The third-order valence-corrected chi connectivity index (χ3v) is 6.91. The SMILES string of the molecule is CCCCCCCCCCCCCCCC(=O)N[C@@H](CSC)C(=O)NCC(=O)N[C@H](CCC(=O)O)C(N)=O. The largest absolute Gasteiger partial charge is 0.481 e. The molecule has 0 aliphatic rings. The Kier molecular flexibility index (Phi) is 22.4. The van der Waals surface area contributed by atoms with Gasteiger partial charge in [0, 0.05) is 18.6 Å². The first-order valence-corrected chi connectivity index (χ1v) is 15.5. The molecule has 0 aromatic carbocycles. The molecule has 10 nitrogen and oxygen atoms in total. The Hall–Kier alpha value is -2.30. The van der Waals surface area contributed by atoms with E-state index in [1.807, 2.05) is 6.26 Å². The molecular weight excluding hydrogens is 508 g/mol. The summed E-state index contributed by atoms with van der Waals surface area (Å²) in [4.78, 5) is 59.0. The van der Waals surface area contributed by atoms with Crippen molar-refractivity contribution in [1.82, 2.24) is 16.0 Å². The number of thioether (sulfide) groups is 1. The molecule has 0 saturated heterocycles. The van der Waals surface area contributed by atoms with Crippen LogP contribution in [-0.4, -0.2) is 65.3 Å². The molecule has 4 amide bonds. The van der Waals surface area contributed by atoms with E-state index in [2.05, 4.69) is 22.9 Å². The topological polar surface area (TPSA) is 168 Å². The first-order chi connectivity index (χ1) is 18.2. The Morgan fingerprint density at radius 1 is 0.737 bits per heavy atom. The van der Waals surface area contributed by atoms with Gasteiger partial charge in [0.05, 0.1) is 6.54 Å². The van der Waals surface area contributed by atoms with Crippen molar-refractivity contribution >= 4 is 41.4 Å². The smallest absolute Gasteiger partial charge is 0.303 e. The molecule has 38 heavy (non-hydrogen) atoms. The third-order valence-electron chi connectivity index (χ3n) is 6.24. The fourth-order valence-corrected chi connectivity index (χ4v) is 4.58. The Balaban J connectivity index is 4.12. The molecule has 11 heteroatoms. The standard InChI is InChI=1S/C27H50N4O6S/c1-3-4-5-6-7-8-9-10-11-12-13-14-15-16-23(32)31-22(20-38-2)27(37)29-19-24(33)30-21(26(28)36)17-18-25(34)35/h21-22H,3-20H2,1-2H3,(H2,28,36)(H,29,37)(H,30,33)(H,31,32)(H,34,35)/t21-,22+/m1/s1. The molecule has 0 spiro atoms. The molecule has 0 rings (SSSR count). The number of primary amides is 1. The Morgan fingerprint density at radius 3 is 1.71 bits per heavy atom. The van der Waals surface area contributed by atoms with Gasteiger partial charge in [0.15, 0.2) is 0 Å². The molecule has 0 unspecified atom stereocenters. The normalized spacial score (nSPS) is 12.4. The number of carboxylic acid groups (broad SMARTS) is 1. The van der Waals surface area contributed by atoms with Crippen molar-refractivity contribution in [2.75, 3.05) is 18.6 Å². The molecule has 0 heterocycles. The van der Waals surface area contributed by atoms with E-state index < -0.39 is 42.3 Å². The monoisotopic (exact) mass is 558 g/mol. The van der Waals surface area contributed by atoms with Crippen LogP contribution in [0, 0.1) is 0 Å². The highest BCUT2D eigenvalue weighted by atomic mass is 32.2. The zero-order valence-electron chi connectivity index (χ0n) is 23.4. The molecular formula is C27H50N4O6S. The summed E-state index contributed by atoms with van der Waals surface area (Å²) in [7, 11) is 0. The predicted octanol–water partition coefficient (Wildman–Crippen LogP) is 3.27. The van der Waals surface area contributed by atoms with Gasteiger partial charge in [-0.3, -0.25) is 24.0 Å². The Bertz CT molecular complexity index is 707. The van der Waals surface area contributed by atoms with Crippen LogP contribution >= 0.6 is 11.8 Å². The molecule has 0 aliphatic carbocycles. The van der Waals surface area contributed by atoms with Gasteiger partial charge in [0.1, 0.15) is 12.1 Å². The summed E-state index contributed by atoms with van der Waals surface area (Å²) in [6.07, 6.45) is 17.6. The van der Waals surface area contributed by atoms with Crippen LogP contribution in [0.1, 0.15) is 110 Å². The lowest BCUT2D eigenvalue weighted by atomic mass is 10.0. The van der Waals surface area contributed by atoms with Crippen LogP contribution < -0.4 is 21.7 Å². The first kappa shape index (κ1) is 35.7. The van der Waals surface area contributed by atoms with Crippen molar-refractivity contribution in [2.24, 2.45) is 5.73 Å². The second kappa shape index (κ2) is 23.8. The van der Waals surface area contributed by atoms with Gasteiger partial charge in [0.25, 0.3) is 0 Å². The van der Waals surface area contributed by atoms with E-state index in [1.54, 1.807) is 0 Å². The van der Waals surface area contributed by atoms with Crippen molar-refractivity contribution in [3.8, 4) is 0 Å². The minimum Gasteiger partial charge on any atom is -0.481 e. The molecule has 0 aliphatic heterocycles.